The highest BCUT2D eigenvalue weighted by Gasteiger charge is 2.12. The van der Waals surface area contributed by atoms with Gasteiger partial charge in [-0.2, -0.15) is 0 Å². The van der Waals surface area contributed by atoms with E-state index in [9.17, 15) is 8.42 Å². The lowest BCUT2D eigenvalue weighted by atomic mass is 10.2. The lowest BCUT2D eigenvalue weighted by Crippen LogP contribution is -2.21. The van der Waals surface area contributed by atoms with Gasteiger partial charge in [-0.05, 0) is 41.9 Å². The number of hydrogen-bond acceptors (Lipinski definition) is 4. The van der Waals surface area contributed by atoms with Crippen molar-refractivity contribution >= 4 is 25.8 Å². The molecule has 0 radical (unpaired) electrons. The maximum atomic E-state index is 10.9. The molecule has 4 nitrogen and oxygen atoms in total. The average molecular weight is 310 g/mol. The fraction of sp³-hybridized carbons (Fsp3) is 0.600. The third-order valence-corrected chi connectivity index (χ3v) is 3.87. The Balaban J connectivity index is 2.32. The summed E-state index contributed by atoms with van der Waals surface area (Å²) in [7, 11) is -2.86. The Kier molecular flexibility index (Phi) is 5.01. The Hall–Kier alpha value is -0.330. The standard InChI is InChI=1S/C10H16BrNO3S/c1-8(10-9(11)4-6-15-10)12-5-3-7-16(2,13)14/h4,6,8,12H,3,5,7H2,1-2H3. The Bertz CT molecular complexity index is 427. The van der Waals surface area contributed by atoms with Gasteiger partial charge in [-0.25, -0.2) is 8.42 Å². The predicted octanol–water partition coefficient (Wildman–Crippen LogP) is 2.13. The molecule has 1 aromatic heterocycles. The first-order chi connectivity index (χ1) is 7.40. The predicted molar refractivity (Wildman–Crippen MR) is 67.2 cm³/mol. The SMILES string of the molecule is CC(NCCCS(C)(=O)=O)c1occc1Br. The van der Waals surface area contributed by atoms with Crippen LogP contribution in [-0.2, 0) is 9.84 Å². The van der Waals surface area contributed by atoms with Crippen molar-refractivity contribution in [2.24, 2.45) is 0 Å². The van der Waals surface area contributed by atoms with Crippen molar-refractivity contribution in [1.29, 1.82) is 0 Å². The van der Waals surface area contributed by atoms with Gasteiger partial charge in [0.25, 0.3) is 0 Å². The Morgan fingerprint density at radius 3 is 2.75 bits per heavy atom. The smallest absolute Gasteiger partial charge is 0.147 e. The van der Waals surface area contributed by atoms with Crippen LogP contribution in [0.1, 0.15) is 25.1 Å². The minimum absolute atomic E-state index is 0.0731. The second-order valence-electron chi connectivity index (χ2n) is 3.79. The molecule has 1 aromatic rings. The van der Waals surface area contributed by atoms with E-state index in [0.717, 1.165) is 10.2 Å². The molecular formula is C10H16BrNO3S. The van der Waals surface area contributed by atoms with E-state index < -0.39 is 9.84 Å². The van der Waals surface area contributed by atoms with E-state index in [4.69, 9.17) is 4.42 Å². The van der Waals surface area contributed by atoms with Gasteiger partial charge in [0.1, 0.15) is 15.6 Å². The van der Waals surface area contributed by atoms with Gasteiger partial charge in [-0.1, -0.05) is 0 Å². The van der Waals surface area contributed by atoms with E-state index in [1.54, 1.807) is 6.26 Å². The zero-order valence-corrected chi connectivity index (χ0v) is 11.8. The molecule has 0 spiro atoms. The van der Waals surface area contributed by atoms with Crippen molar-refractivity contribution in [2.75, 3.05) is 18.6 Å². The quantitative estimate of drug-likeness (QED) is 0.818. The molecule has 0 saturated heterocycles. The highest BCUT2D eigenvalue weighted by atomic mass is 79.9. The van der Waals surface area contributed by atoms with Crippen LogP contribution in [0.4, 0.5) is 0 Å². The molecule has 1 unspecified atom stereocenters. The molecule has 1 atom stereocenters. The first-order valence-corrected chi connectivity index (χ1v) is 7.89. The van der Waals surface area contributed by atoms with Gasteiger partial charge in [0.15, 0.2) is 0 Å². The van der Waals surface area contributed by atoms with Gasteiger partial charge in [0.05, 0.1) is 22.5 Å². The van der Waals surface area contributed by atoms with Crippen molar-refractivity contribution < 1.29 is 12.8 Å². The molecule has 6 heteroatoms. The number of hydrogen-bond donors (Lipinski definition) is 1. The van der Waals surface area contributed by atoms with Crippen LogP contribution in [0.25, 0.3) is 0 Å². The molecule has 1 rings (SSSR count). The molecule has 0 aliphatic heterocycles. The number of nitrogens with one attached hydrogen (secondary N) is 1. The monoisotopic (exact) mass is 309 g/mol. The van der Waals surface area contributed by atoms with Crippen LogP contribution in [0, 0.1) is 0 Å². The van der Waals surface area contributed by atoms with Crippen LogP contribution in [-0.4, -0.2) is 27.0 Å². The van der Waals surface area contributed by atoms with Gasteiger partial charge in [0.2, 0.25) is 0 Å². The first-order valence-electron chi connectivity index (χ1n) is 5.04. The first kappa shape index (κ1) is 13.7. The van der Waals surface area contributed by atoms with Gasteiger partial charge in [-0.3, -0.25) is 0 Å². The lowest BCUT2D eigenvalue weighted by Gasteiger charge is -2.11. The summed E-state index contributed by atoms with van der Waals surface area (Å²) in [5.74, 6) is 1.05. The fourth-order valence-corrected chi connectivity index (χ4v) is 2.57. The second kappa shape index (κ2) is 5.84. The Morgan fingerprint density at radius 1 is 1.56 bits per heavy atom. The summed E-state index contributed by atoms with van der Waals surface area (Å²) >= 11 is 3.38. The third-order valence-electron chi connectivity index (χ3n) is 2.18. The van der Waals surface area contributed by atoms with E-state index in [1.807, 2.05) is 13.0 Å². The average Bonchev–Trinajstić information content (AvgIpc) is 2.57. The molecular weight excluding hydrogens is 294 g/mol. The zero-order valence-electron chi connectivity index (χ0n) is 9.36. The number of sulfone groups is 1. The van der Waals surface area contributed by atoms with Crippen LogP contribution in [0.3, 0.4) is 0 Å². The molecule has 0 aliphatic rings. The second-order valence-corrected chi connectivity index (χ2v) is 6.91. The van der Waals surface area contributed by atoms with Crippen LogP contribution in [0.15, 0.2) is 21.2 Å². The van der Waals surface area contributed by atoms with Crippen molar-refractivity contribution in [1.82, 2.24) is 5.32 Å². The molecule has 0 fully saturated rings. The molecule has 92 valence electrons. The Labute approximate surface area is 104 Å². The van der Waals surface area contributed by atoms with E-state index >= 15 is 0 Å². The van der Waals surface area contributed by atoms with Gasteiger partial charge in [0, 0.05) is 6.26 Å². The van der Waals surface area contributed by atoms with Gasteiger partial charge < -0.3 is 9.73 Å². The van der Waals surface area contributed by atoms with Crippen LogP contribution < -0.4 is 5.32 Å². The lowest BCUT2D eigenvalue weighted by molar-refractivity contribution is 0.429. The Morgan fingerprint density at radius 2 is 2.25 bits per heavy atom. The highest BCUT2D eigenvalue weighted by molar-refractivity contribution is 9.10. The third kappa shape index (κ3) is 4.67. The van der Waals surface area contributed by atoms with E-state index in [0.29, 0.717) is 13.0 Å². The molecule has 1 heterocycles. The van der Waals surface area contributed by atoms with Crippen molar-refractivity contribution in [3.63, 3.8) is 0 Å². The molecule has 0 aromatic carbocycles. The summed E-state index contributed by atoms with van der Waals surface area (Å²) in [5.41, 5.74) is 0. The number of rotatable bonds is 6. The number of furan rings is 1. The van der Waals surface area contributed by atoms with Crippen LogP contribution in [0.2, 0.25) is 0 Å². The molecule has 0 amide bonds. The highest BCUT2D eigenvalue weighted by Crippen LogP contribution is 2.23. The van der Waals surface area contributed by atoms with E-state index in [2.05, 4.69) is 21.2 Å². The maximum absolute atomic E-state index is 10.9. The molecule has 0 saturated carbocycles. The topological polar surface area (TPSA) is 59.3 Å². The van der Waals surface area contributed by atoms with Crippen molar-refractivity contribution in [3.05, 3.63) is 22.6 Å². The van der Waals surface area contributed by atoms with E-state index in [-0.39, 0.29) is 11.8 Å². The maximum Gasteiger partial charge on any atom is 0.147 e. The van der Waals surface area contributed by atoms with Gasteiger partial charge >= 0.3 is 0 Å². The summed E-state index contributed by atoms with van der Waals surface area (Å²) in [4.78, 5) is 0. The summed E-state index contributed by atoms with van der Waals surface area (Å²) in [6.45, 7) is 2.63. The fourth-order valence-electron chi connectivity index (χ4n) is 1.36. The molecule has 16 heavy (non-hydrogen) atoms. The molecule has 0 bridgehead atoms. The number of halogens is 1. The molecule has 1 N–H and O–H groups in total. The summed E-state index contributed by atoms with van der Waals surface area (Å²) in [5, 5.41) is 3.21. The minimum atomic E-state index is -2.86. The summed E-state index contributed by atoms with van der Waals surface area (Å²) in [6.07, 6.45) is 3.48. The normalized spacial score (nSPS) is 13.9. The minimum Gasteiger partial charge on any atom is -0.466 e. The largest absolute Gasteiger partial charge is 0.466 e. The van der Waals surface area contributed by atoms with E-state index in [1.165, 1.54) is 6.26 Å². The van der Waals surface area contributed by atoms with Gasteiger partial charge in [-0.15, -0.1) is 0 Å². The van der Waals surface area contributed by atoms with Crippen molar-refractivity contribution in [2.45, 2.75) is 19.4 Å². The summed E-state index contributed by atoms with van der Waals surface area (Å²) in [6, 6.07) is 1.91. The zero-order chi connectivity index (χ0) is 12.2. The van der Waals surface area contributed by atoms with Crippen LogP contribution in [0.5, 0.6) is 0 Å². The summed E-state index contributed by atoms with van der Waals surface area (Å²) < 4.78 is 28.0. The molecule has 0 aliphatic carbocycles. The van der Waals surface area contributed by atoms with Crippen LogP contribution >= 0.6 is 15.9 Å². The van der Waals surface area contributed by atoms with Crippen molar-refractivity contribution in [3.8, 4) is 0 Å².